The van der Waals surface area contributed by atoms with Crippen molar-refractivity contribution in [3.8, 4) is 5.75 Å². The summed E-state index contributed by atoms with van der Waals surface area (Å²) < 4.78 is 5.99. The lowest BCUT2D eigenvalue weighted by Gasteiger charge is -2.14. The summed E-state index contributed by atoms with van der Waals surface area (Å²) in [6.07, 6.45) is 2.92. The van der Waals surface area contributed by atoms with Gasteiger partial charge in [-0.2, -0.15) is 0 Å². The zero-order valence-corrected chi connectivity index (χ0v) is 16.4. The zero-order valence-electron chi connectivity index (χ0n) is 16.4. The van der Waals surface area contributed by atoms with Gasteiger partial charge >= 0.3 is 0 Å². The van der Waals surface area contributed by atoms with Crippen LogP contribution < -0.4 is 15.4 Å². The molecule has 5 rings (SSSR count). The van der Waals surface area contributed by atoms with E-state index in [-0.39, 0.29) is 23.8 Å². The van der Waals surface area contributed by atoms with Crippen LogP contribution in [0.5, 0.6) is 5.75 Å². The highest BCUT2D eigenvalue weighted by atomic mass is 16.5. The van der Waals surface area contributed by atoms with Crippen LogP contribution in [0.3, 0.4) is 0 Å². The molecule has 0 unspecified atom stereocenters. The smallest absolute Gasteiger partial charge is 0.254 e. The van der Waals surface area contributed by atoms with Crippen molar-refractivity contribution in [3.05, 3.63) is 64.8 Å². The van der Waals surface area contributed by atoms with Crippen LogP contribution in [0.15, 0.2) is 42.6 Å². The van der Waals surface area contributed by atoms with E-state index in [2.05, 4.69) is 28.6 Å². The largest absolute Gasteiger partial charge is 0.491 e. The molecule has 3 N–H and O–H groups in total. The van der Waals surface area contributed by atoms with Crippen molar-refractivity contribution in [1.29, 1.82) is 0 Å². The summed E-state index contributed by atoms with van der Waals surface area (Å²) in [6, 6.07) is 11.9. The van der Waals surface area contributed by atoms with Gasteiger partial charge in [-0.05, 0) is 42.2 Å². The van der Waals surface area contributed by atoms with E-state index in [0.29, 0.717) is 29.4 Å². The molecule has 0 saturated heterocycles. The van der Waals surface area contributed by atoms with Crippen molar-refractivity contribution in [1.82, 2.24) is 15.6 Å². The summed E-state index contributed by atoms with van der Waals surface area (Å²) in [6.45, 7) is 2.55. The Kier molecular flexibility index (Phi) is 4.08. The minimum absolute atomic E-state index is 0.0412. The van der Waals surface area contributed by atoms with Crippen LogP contribution >= 0.6 is 0 Å². The Bertz CT molecular complexity index is 1130. The molecule has 0 radical (unpaired) electrons. The average Bonchev–Trinajstić information content (AvgIpc) is 3.14. The summed E-state index contributed by atoms with van der Waals surface area (Å²) in [7, 11) is 1.58. The lowest BCUT2D eigenvalue weighted by molar-refractivity contribution is 0.0949. The van der Waals surface area contributed by atoms with E-state index in [4.69, 9.17) is 4.74 Å². The first-order valence-electron chi connectivity index (χ1n) is 9.96. The molecule has 29 heavy (non-hydrogen) atoms. The van der Waals surface area contributed by atoms with Crippen LogP contribution in [0.2, 0.25) is 0 Å². The Morgan fingerprint density at radius 2 is 1.97 bits per heavy atom. The number of benzene rings is 2. The number of ether oxygens (including phenoxy) is 1. The predicted molar refractivity (Wildman–Crippen MR) is 111 cm³/mol. The number of carbonyl (C=O) groups excluding carboxylic acids is 2. The fourth-order valence-electron chi connectivity index (χ4n) is 4.21. The first-order valence-corrected chi connectivity index (χ1v) is 9.96. The van der Waals surface area contributed by atoms with E-state index in [1.807, 2.05) is 30.5 Å². The topological polar surface area (TPSA) is 83.2 Å². The van der Waals surface area contributed by atoms with Gasteiger partial charge in [0.1, 0.15) is 5.75 Å². The number of hydrogen-bond donors (Lipinski definition) is 3. The first kappa shape index (κ1) is 17.8. The van der Waals surface area contributed by atoms with E-state index < -0.39 is 0 Å². The monoisotopic (exact) mass is 389 g/mol. The second kappa shape index (κ2) is 6.65. The Hall–Kier alpha value is -3.28. The lowest BCUT2D eigenvalue weighted by atomic mass is 9.88. The van der Waals surface area contributed by atoms with Crippen molar-refractivity contribution in [2.24, 2.45) is 5.92 Å². The molecule has 2 heterocycles. The molecule has 1 saturated carbocycles. The molecule has 0 bridgehead atoms. The fourth-order valence-corrected chi connectivity index (χ4v) is 4.21. The van der Waals surface area contributed by atoms with Gasteiger partial charge in [0.15, 0.2) is 0 Å². The lowest BCUT2D eigenvalue weighted by Crippen LogP contribution is -2.27. The van der Waals surface area contributed by atoms with Crippen molar-refractivity contribution >= 4 is 22.7 Å². The average molecular weight is 389 g/mol. The van der Waals surface area contributed by atoms with Gasteiger partial charge in [0.25, 0.3) is 11.8 Å². The number of aromatic amines is 1. The number of amides is 2. The minimum atomic E-state index is -0.254. The molecule has 148 valence electrons. The van der Waals surface area contributed by atoms with Crippen molar-refractivity contribution in [3.63, 3.8) is 0 Å². The molecule has 2 aliphatic rings. The Balaban J connectivity index is 1.61. The molecule has 3 atom stereocenters. The number of hydrogen-bond acceptors (Lipinski definition) is 3. The summed E-state index contributed by atoms with van der Waals surface area (Å²) in [5, 5.41) is 6.84. The second-order valence-electron chi connectivity index (χ2n) is 7.96. The molecule has 3 aromatic rings. The molecule has 0 spiro atoms. The summed E-state index contributed by atoms with van der Waals surface area (Å²) >= 11 is 0. The number of carbonyl (C=O) groups is 2. The molecule has 2 amide bonds. The van der Waals surface area contributed by atoms with E-state index in [9.17, 15) is 9.59 Å². The van der Waals surface area contributed by atoms with Gasteiger partial charge in [-0.25, -0.2) is 0 Å². The zero-order chi connectivity index (χ0) is 20.1. The number of rotatable bonds is 4. The summed E-state index contributed by atoms with van der Waals surface area (Å²) in [5.41, 5.74) is 3.97. The number of H-pyrrole nitrogens is 1. The van der Waals surface area contributed by atoms with Crippen LogP contribution in [0.1, 0.15) is 51.1 Å². The number of nitrogens with one attached hydrogen (secondary N) is 3. The standard InChI is InChI=1S/C23H23N3O3/c1-12-8-20(12)26-22(27)13-9-16-18(11-29-21(16)17(10-13)23(28)24-2)14-4-3-5-19-15(14)6-7-25-19/h3-7,9-10,12,18,20,25H,8,11H2,1-2H3,(H,24,28)(H,26,27)/t12-,18+,20-/m0/s1. The van der Waals surface area contributed by atoms with E-state index in [1.54, 1.807) is 13.1 Å². The van der Waals surface area contributed by atoms with Crippen molar-refractivity contribution < 1.29 is 14.3 Å². The fraction of sp³-hybridized carbons (Fsp3) is 0.304. The van der Waals surface area contributed by atoms with Crippen LogP contribution in [0.4, 0.5) is 0 Å². The third kappa shape index (κ3) is 2.95. The molecule has 1 aliphatic heterocycles. The Morgan fingerprint density at radius 1 is 1.14 bits per heavy atom. The summed E-state index contributed by atoms with van der Waals surface area (Å²) in [5.74, 6) is 0.641. The molecule has 2 aromatic carbocycles. The maximum atomic E-state index is 12.8. The maximum absolute atomic E-state index is 12.8. The number of fused-ring (bicyclic) bond motifs is 2. The van der Waals surface area contributed by atoms with Crippen LogP contribution in [-0.4, -0.2) is 36.5 Å². The normalized spacial score (nSPS) is 22.1. The molecular formula is C23H23N3O3. The Morgan fingerprint density at radius 3 is 2.72 bits per heavy atom. The van der Waals surface area contributed by atoms with Crippen LogP contribution in [0, 0.1) is 5.92 Å². The van der Waals surface area contributed by atoms with Crippen molar-refractivity contribution in [2.45, 2.75) is 25.3 Å². The molecule has 6 heteroatoms. The summed E-state index contributed by atoms with van der Waals surface area (Å²) in [4.78, 5) is 28.6. The molecular weight excluding hydrogens is 366 g/mol. The van der Waals surface area contributed by atoms with Gasteiger partial charge < -0.3 is 20.4 Å². The van der Waals surface area contributed by atoms with Gasteiger partial charge in [-0.1, -0.05) is 19.1 Å². The second-order valence-corrected chi connectivity index (χ2v) is 7.96. The molecule has 1 aromatic heterocycles. The molecule has 1 aliphatic carbocycles. The SMILES string of the molecule is CNC(=O)c1cc(C(=O)N[C@H]2C[C@@H]2C)cc2c1OC[C@@H]2c1cccc2[nH]ccc12. The van der Waals surface area contributed by atoms with Crippen LogP contribution in [-0.2, 0) is 0 Å². The van der Waals surface area contributed by atoms with Gasteiger partial charge in [-0.15, -0.1) is 0 Å². The quantitative estimate of drug-likeness (QED) is 0.641. The van der Waals surface area contributed by atoms with Crippen molar-refractivity contribution in [2.75, 3.05) is 13.7 Å². The third-order valence-corrected chi connectivity index (χ3v) is 6.05. The van der Waals surface area contributed by atoms with Gasteiger partial charge in [-0.3, -0.25) is 9.59 Å². The van der Waals surface area contributed by atoms with E-state index in [0.717, 1.165) is 28.5 Å². The van der Waals surface area contributed by atoms with E-state index in [1.165, 1.54) is 0 Å². The predicted octanol–water partition coefficient (Wildman–Crippen LogP) is 3.19. The molecule has 6 nitrogen and oxygen atoms in total. The van der Waals surface area contributed by atoms with E-state index >= 15 is 0 Å². The highest BCUT2D eigenvalue weighted by Crippen LogP contribution is 2.43. The van der Waals surface area contributed by atoms with Crippen LogP contribution in [0.25, 0.3) is 10.9 Å². The first-order chi connectivity index (χ1) is 14.1. The minimum Gasteiger partial charge on any atom is -0.491 e. The number of aromatic nitrogens is 1. The molecule has 1 fully saturated rings. The van der Waals surface area contributed by atoms with Gasteiger partial charge in [0.05, 0.1) is 12.2 Å². The van der Waals surface area contributed by atoms with Gasteiger partial charge in [0.2, 0.25) is 0 Å². The highest BCUT2D eigenvalue weighted by molar-refractivity contribution is 6.02. The third-order valence-electron chi connectivity index (χ3n) is 6.05. The van der Waals surface area contributed by atoms with Gasteiger partial charge in [0, 0.05) is 47.2 Å². The Labute approximate surface area is 168 Å². The highest BCUT2D eigenvalue weighted by Gasteiger charge is 2.36. The maximum Gasteiger partial charge on any atom is 0.254 e.